The number of hydrogen-bond donors (Lipinski definition) is 1. The van der Waals surface area contributed by atoms with Crippen LogP contribution in [0.4, 0.5) is 0 Å². The van der Waals surface area contributed by atoms with Crippen LogP contribution in [-0.4, -0.2) is 12.6 Å². The van der Waals surface area contributed by atoms with Crippen LogP contribution in [0.3, 0.4) is 0 Å². The molecule has 148 valence electrons. The smallest absolute Gasteiger partial charge is 0.315 e. The van der Waals surface area contributed by atoms with Crippen molar-refractivity contribution in [1.29, 1.82) is 5.26 Å². The van der Waals surface area contributed by atoms with Crippen molar-refractivity contribution in [1.82, 2.24) is 5.32 Å². The molecule has 2 atom stereocenters. The molecule has 0 radical (unpaired) electrons. The summed E-state index contributed by atoms with van der Waals surface area (Å²) < 4.78 is 5.45. The monoisotopic (exact) mass is 396 g/mol. The Bertz CT molecular complexity index is 789. The van der Waals surface area contributed by atoms with Crippen LogP contribution in [0, 0.1) is 29.1 Å². The van der Waals surface area contributed by atoms with Crippen LogP contribution in [0.15, 0.2) is 57.6 Å². The van der Waals surface area contributed by atoms with Crippen LogP contribution in [-0.2, 0) is 9.53 Å². The molecule has 0 unspecified atom stereocenters. The maximum atomic E-state index is 13.0. The molecule has 1 aromatic rings. The van der Waals surface area contributed by atoms with Gasteiger partial charge < -0.3 is 10.1 Å². The predicted octanol–water partition coefficient (Wildman–Crippen LogP) is 5.40. The van der Waals surface area contributed by atoms with E-state index in [2.05, 4.69) is 11.4 Å². The standard InChI is InChI=1S/C23H28N2O2S/c1-3-27-23(26)22-20(15-28-18-12-8-5-9-13-18)25-16(2)19(14-24)21(22)17-10-6-4-7-11-17/h5,8-9,12-13,15,17,21-22,25H,3-4,6-7,10-11H2,1-2H3/b20-15-/t21-,22-/m1/s1. The second-order valence-electron chi connectivity index (χ2n) is 7.43. The number of nitrogens with zero attached hydrogens (tertiary/aromatic N) is 1. The summed E-state index contributed by atoms with van der Waals surface area (Å²) in [7, 11) is 0. The van der Waals surface area contributed by atoms with Crippen LogP contribution in [0.5, 0.6) is 0 Å². The number of rotatable bonds is 5. The van der Waals surface area contributed by atoms with Crippen LogP contribution in [0.25, 0.3) is 0 Å². The van der Waals surface area contributed by atoms with Gasteiger partial charge in [-0.15, -0.1) is 0 Å². The fourth-order valence-electron chi connectivity index (χ4n) is 4.37. The molecule has 4 nitrogen and oxygen atoms in total. The van der Waals surface area contributed by atoms with Gasteiger partial charge in [0.15, 0.2) is 0 Å². The number of carbonyl (C=O) groups is 1. The Hall–Kier alpha value is -2.19. The third-order valence-electron chi connectivity index (χ3n) is 5.65. The normalized spacial score (nSPS) is 24.5. The zero-order chi connectivity index (χ0) is 19.9. The predicted molar refractivity (Wildman–Crippen MR) is 112 cm³/mol. The van der Waals surface area contributed by atoms with E-state index < -0.39 is 5.92 Å². The molecular formula is C23H28N2O2S. The van der Waals surface area contributed by atoms with Gasteiger partial charge in [0.05, 0.1) is 18.2 Å². The zero-order valence-corrected chi connectivity index (χ0v) is 17.4. The first-order chi connectivity index (χ1) is 13.7. The summed E-state index contributed by atoms with van der Waals surface area (Å²) in [5, 5.41) is 15.2. The lowest BCUT2D eigenvalue weighted by Gasteiger charge is -2.39. The Balaban J connectivity index is 1.99. The molecule has 1 heterocycles. The Morgan fingerprint density at radius 1 is 1.29 bits per heavy atom. The first-order valence-electron chi connectivity index (χ1n) is 10.1. The van der Waals surface area contributed by atoms with Gasteiger partial charge in [0.25, 0.3) is 0 Å². The molecule has 1 fully saturated rings. The van der Waals surface area contributed by atoms with Gasteiger partial charge in [-0.05, 0) is 50.1 Å². The largest absolute Gasteiger partial charge is 0.465 e. The molecule has 0 bridgehead atoms. The maximum Gasteiger partial charge on any atom is 0.315 e. The average Bonchev–Trinajstić information content (AvgIpc) is 2.73. The van der Waals surface area contributed by atoms with Crippen molar-refractivity contribution in [3.05, 3.63) is 52.7 Å². The lowest BCUT2D eigenvalue weighted by atomic mass is 9.68. The van der Waals surface area contributed by atoms with Crippen molar-refractivity contribution < 1.29 is 9.53 Å². The summed E-state index contributed by atoms with van der Waals surface area (Å²) in [5.41, 5.74) is 2.42. The molecule has 5 heteroatoms. The van der Waals surface area contributed by atoms with Crippen LogP contribution in [0.1, 0.15) is 46.0 Å². The van der Waals surface area contributed by atoms with Gasteiger partial charge in [0.2, 0.25) is 0 Å². The quantitative estimate of drug-likeness (QED) is 0.533. The lowest BCUT2D eigenvalue weighted by molar-refractivity contribution is -0.149. The molecule has 1 N–H and O–H groups in total. The molecule has 0 spiro atoms. The van der Waals surface area contributed by atoms with Crippen molar-refractivity contribution in [3.63, 3.8) is 0 Å². The molecule has 1 aliphatic heterocycles. The molecule has 3 rings (SSSR count). The van der Waals surface area contributed by atoms with Crippen molar-refractivity contribution in [2.75, 3.05) is 6.61 Å². The van der Waals surface area contributed by atoms with E-state index in [-0.39, 0.29) is 11.9 Å². The Morgan fingerprint density at radius 3 is 2.64 bits per heavy atom. The van der Waals surface area contributed by atoms with E-state index in [1.807, 2.05) is 49.6 Å². The van der Waals surface area contributed by atoms with Gasteiger partial charge >= 0.3 is 5.97 Å². The minimum atomic E-state index is -0.447. The topological polar surface area (TPSA) is 62.1 Å². The second kappa shape index (κ2) is 9.84. The van der Waals surface area contributed by atoms with Crippen LogP contribution in [0.2, 0.25) is 0 Å². The average molecular weight is 397 g/mol. The van der Waals surface area contributed by atoms with Crippen molar-refractivity contribution in [2.24, 2.45) is 17.8 Å². The SMILES string of the molecule is CCOC(=O)[C@@H]1/C(=C/Sc2ccccc2)NC(C)=C(C#N)[C@H]1C1CCCCC1. The molecule has 28 heavy (non-hydrogen) atoms. The van der Waals surface area contributed by atoms with Crippen molar-refractivity contribution in [3.8, 4) is 6.07 Å². The first kappa shape index (κ1) is 20.5. The summed E-state index contributed by atoms with van der Waals surface area (Å²) in [6, 6.07) is 12.5. The third kappa shape index (κ3) is 4.62. The summed E-state index contributed by atoms with van der Waals surface area (Å²) in [6.07, 6.45) is 5.71. The maximum absolute atomic E-state index is 13.0. The highest BCUT2D eigenvalue weighted by atomic mass is 32.2. The van der Waals surface area contributed by atoms with Gasteiger partial charge in [0, 0.05) is 22.2 Å². The number of hydrogen-bond acceptors (Lipinski definition) is 5. The van der Waals surface area contributed by atoms with Crippen molar-refractivity contribution >= 4 is 17.7 Å². The van der Waals surface area contributed by atoms with Gasteiger partial charge in [0.1, 0.15) is 5.92 Å². The van der Waals surface area contributed by atoms with Crippen LogP contribution >= 0.6 is 11.8 Å². The third-order valence-corrected chi connectivity index (χ3v) is 6.56. The number of thioether (sulfide) groups is 1. The highest BCUT2D eigenvalue weighted by Crippen LogP contribution is 2.44. The Labute approximate surface area is 172 Å². The van der Waals surface area contributed by atoms with Crippen molar-refractivity contribution in [2.45, 2.75) is 50.8 Å². The lowest BCUT2D eigenvalue weighted by Crippen LogP contribution is -2.42. The molecular weight excluding hydrogens is 368 g/mol. The zero-order valence-electron chi connectivity index (χ0n) is 16.6. The van der Waals surface area contributed by atoms with E-state index in [9.17, 15) is 10.1 Å². The van der Waals surface area contributed by atoms with E-state index >= 15 is 0 Å². The molecule has 1 saturated carbocycles. The summed E-state index contributed by atoms with van der Waals surface area (Å²) in [6.45, 7) is 4.12. The number of esters is 1. The highest BCUT2D eigenvalue weighted by Gasteiger charge is 2.44. The number of carbonyl (C=O) groups excluding carboxylic acids is 1. The molecule has 0 saturated heterocycles. The Morgan fingerprint density at radius 2 is 2.00 bits per heavy atom. The van der Waals surface area contributed by atoms with E-state index in [1.165, 1.54) is 19.3 Å². The van der Waals surface area contributed by atoms with Gasteiger partial charge in [-0.3, -0.25) is 4.79 Å². The number of nitrogens with one attached hydrogen (secondary N) is 1. The second-order valence-corrected chi connectivity index (χ2v) is 8.38. The highest BCUT2D eigenvalue weighted by molar-refractivity contribution is 8.02. The summed E-state index contributed by atoms with van der Waals surface area (Å²) >= 11 is 1.59. The summed E-state index contributed by atoms with van der Waals surface area (Å²) in [5.74, 6) is -0.434. The first-order valence-corrected chi connectivity index (χ1v) is 11.0. The molecule has 1 aromatic carbocycles. The molecule has 0 aromatic heterocycles. The molecule has 1 aliphatic carbocycles. The number of allylic oxidation sites excluding steroid dienone is 2. The van der Waals surface area contributed by atoms with E-state index in [0.717, 1.165) is 29.1 Å². The molecule has 2 aliphatic rings. The number of ether oxygens (including phenoxy) is 1. The van der Waals surface area contributed by atoms with E-state index in [4.69, 9.17) is 4.74 Å². The number of nitriles is 1. The number of benzene rings is 1. The van der Waals surface area contributed by atoms with Gasteiger partial charge in [-0.2, -0.15) is 5.26 Å². The van der Waals surface area contributed by atoms with Gasteiger partial charge in [-0.25, -0.2) is 0 Å². The fraction of sp³-hybridized carbons (Fsp3) is 0.478. The molecule has 0 amide bonds. The van der Waals surface area contributed by atoms with Gasteiger partial charge in [-0.1, -0.05) is 49.2 Å². The van der Waals surface area contributed by atoms with E-state index in [1.54, 1.807) is 11.8 Å². The minimum Gasteiger partial charge on any atom is -0.465 e. The fourth-order valence-corrected chi connectivity index (χ4v) is 5.15. The Kier molecular flexibility index (Phi) is 7.22. The summed E-state index contributed by atoms with van der Waals surface area (Å²) in [4.78, 5) is 14.1. The van der Waals surface area contributed by atoms with E-state index in [0.29, 0.717) is 18.1 Å². The minimum absolute atomic E-state index is 0.103. The van der Waals surface area contributed by atoms with Crippen LogP contribution < -0.4 is 5.32 Å².